The number of rotatable bonds is 6. The standard InChI is InChI=1S/C18H25N5O3S/c1-4-19-17-13-14(2)20-18(21-17)22-9-11-23(12-10-22)27(24,25)16-7-5-15(26-3)6-8-16/h5-8,13H,4,9-12H2,1-3H3,(H,19,20,21). The molecule has 2 aromatic rings. The Labute approximate surface area is 160 Å². The topological polar surface area (TPSA) is 87.7 Å². The van der Waals surface area contributed by atoms with E-state index < -0.39 is 10.0 Å². The number of hydrogen-bond acceptors (Lipinski definition) is 7. The van der Waals surface area contributed by atoms with Crippen molar-refractivity contribution in [3.63, 3.8) is 0 Å². The maximum Gasteiger partial charge on any atom is 0.243 e. The fourth-order valence-electron chi connectivity index (χ4n) is 2.99. The van der Waals surface area contributed by atoms with E-state index in [4.69, 9.17) is 4.74 Å². The fourth-order valence-corrected chi connectivity index (χ4v) is 4.41. The average Bonchev–Trinajstić information content (AvgIpc) is 2.68. The van der Waals surface area contributed by atoms with E-state index in [1.807, 2.05) is 24.8 Å². The van der Waals surface area contributed by atoms with Crippen LogP contribution in [0.1, 0.15) is 12.6 Å². The molecule has 0 unspecified atom stereocenters. The summed E-state index contributed by atoms with van der Waals surface area (Å²) in [4.78, 5) is 11.3. The summed E-state index contributed by atoms with van der Waals surface area (Å²) in [5.41, 5.74) is 0.879. The Morgan fingerprint density at radius 2 is 1.78 bits per heavy atom. The van der Waals surface area contributed by atoms with Crippen molar-refractivity contribution in [1.29, 1.82) is 0 Å². The van der Waals surface area contributed by atoms with Crippen LogP contribution in [0.4, 0.5) is 11.8 Å². The Balaban J connectivity index is 1.71. The molecule has 9 heteroatoms. The van der Waals surface area contributed by atoms with Gasteiger partial charge in [-0.1, -0.05) is 0 Å². The number of nitrogens with zero attached hydrogens (tertiary/aromatic N) is 4. The zero-order chi connectivity index (χ0) is 19.4. The molecule has 2 heterocycles. The number of aromatic nitrogens is 2. The molecule has 0 aliphatic carbocycles. The van der Waals surface area contributed by atoms with Gasteiger partial charge < -0.3 is 15.0 Å². The number of sulfonamides is 1. The normalized spacial score (nSPS) is 15.6. The molecule has 1 fully saturated rings. The van der Waals surface area contributed by atoms with Crippen LogP contribution in [0.2, 0.25) is 0 Å². The summed E-state index contributed by atoms with van der Waals surface area (Å²) >= 11 is 0. The van der Waals surface area contributed by atoms with Crippen LogP contribution in [0.15, 0.2) is 35.2 Å². The summed E-state index contributed by atoms with van der Waals surface area (Å²) in [6, 6.07) is 8.37. The molecule has 3 rings (SSSR count). The van der Waals surface area contributed by atoms with Gasteiger partial charge in [0.25, 0.3) is 0 Å². The van der Waals surface area contributed by atoms with Crippen molar-refractivity contribution in [3.8, 4) is 5.75 Å². The summed E-state index contributed by atoms with van der Waals surface area (Å²) in [6.07, 6.45) is 0. The van der Waals surface area contributed by atoms with Gasteiger partial charge in [-0.2, -0.15) is 9.29 Å². The minimum Gasteiger partial charge on any atom is -0.497 e. The zero-order valence-electron chi connectivity index (χ0n) is 15.8. The van der Waals surface area contributed by atoms with Crippen LogP contribution in [-0.2, 0) is 10.0 Å². The van der Waals surface area contributed by atoms with Crippen molar-refractivity contribution in [2.45, 2.75) is 18.7 Å². The molecule has 0 bridgehead atoms. The lowest BCUT2D eigenvalue weighted by Crippen LogP contribution is -2.49. The highest BCUT2D eigenvalue weighted by Crippen LogP contribution is 2.22. The van der Waals surface area contributed by atoms with Crippen LogP contribution in [0, 0.1) is 6.92 Å². The van der Waals surface area contributed by atoms with Gasteiger partial charge in [0.05, 0.1) is 12.0 Å². The summed E-state index contributed by atoms with van der Waals surface area (Å²) in [5, 5.41) is 3.20. The Hall–Kier alpha value is -2.39. The van der Waals surface area contributed by atoms with Crippen molar-refractivity contribution in [3.05, 3.63) is 36.0 Å². The van der Waals surface area contributed by atoms with Crippen molar-refractivity contribution in [2.24, 2.45) is 0 Å². The lowest BCUT2D eigenvalue weighted by molar-refractivity contribution is 0.382. The third-order valence-corrected chi connectivity index (χ3v) is 6.33. The molecule has 27 heavy (non-hydrogen) atoms. The highest BCUT2D eigenvalue weighted by atomic mass is 32.2. The van der Waals surface area contributed by atoms with E-state index in [-0.39, 0.29) is 4.90 Å². The molecule has 1 aliphatic heterocycles. The number of nitrogens with one attached hydrogen (secondary N) is 1. The van der Waals surface area contributed by atoms with Gasteiger partial charge >= 0.3 is 0 Å². The summed E-state index contributed by atoms with van der Waals surface area (Å²) in [7, 11) is -1.97. The number of piperazine rings is 1. The van der Waals surface area contributed by atoms with Gasteiger partial charge in [-0.05, 0) is 38.1 Å². The highest BCUT2D eigenvalue weighted by molar-refractivity contribution is 7.89. The molecule has 1 saturated heterocycles. The Morgan fingerprint density at radius 1 is 1.11 bits per heavy atom. The first kappa shape index (κ1) is 19.4. The number of aryl methyl sites for hydroxylation is 1. The van der Waals surface area contributed by atoms with E-state index >= 15 is 0 Å². The molecule has 1 N–H and O–H groups in total. The Morgan fingerprint density at radius 3 is 2.37 bits per heavy atom. The molecule has 1 aromatic heterocycles. The van der Waals surface area contributed by atoms with Crippen molar-refractivity contribution in [2.75, 3.05) is 50.1 Å². The van der Waals surface area contributed by atoms with Gasteiger partial charge in [0, 0.05) is 44.5 Å². The first-order chi connectivity index (χ1) is 12.9. The largest absolute Gasteiger partial charge is 0.497 e. The van der Waals surface area contributed by atoms with Crippen molar-refractivity contribution in [1.82, 2.24) is 14.3 Å². The van der Waals surface area contributed by atoms with E-state index in [0.29, 0.717) is 37.9 Å². The molecular formula is C18H25N5O3S. The average molecular weight is 391 g/mol. The second-order valence-corrected chi connectivity index (χ2v) is 8.23. The number of hydrogen-bond donors (Lipinski definition) is 1. The third kappa shape index (κ3) is 4.30. The summed E-state index contributed by atoms with van der Waals surface area (Å²) < 4.78 is 32.3. The maximum atomic E-state index is 12.8. The van der Waals surface area contributed by atoms with Gasteiger partial charge in [-0.15, -0.1) is 0 Å². The van der Waals surface area contributed by atoms with Crippen LogP contribution in [0.3, 0.4) is 0 Å². The Bertz CT molecular complexity index is 878. The van der Waals surface area contributed by atoms with E-state index in [0.717, 1.165) is 18.1 Å². The minimum absolute atomic E-state index is 0.276. The fraction of sp³-hybridized carbons (Fsp3) is 0.444. The first-order valence-electron chi connectivity index (χ1n) is 8.92. The molecular weight excluding hydrogens is 366 g/mol. The number of anilines is 2. The second kappa shape index (κ2) is 8.10. The Kier molecular flexibility index (Phi) is 5.81. The van der Waals surface area contributed by atoms with E-state index in [9.17, 15) is 8.42 Å². The second-order valence-electron chi connectivity index (χ2n) is 6.29. The monoisotopic (exact) mass is 391 g/mol. The highest BCUT2D eigenvalue weighted by Gasteiger charge is 2.29. The summed E-state index contributed by atoms with van der Waals surface area (Å²) in [6.45, 7) is 6.60. The number of methoxy groups -OCH3 is 1. The van der Waals surface area contributed by atoms with Gasteiger partial charge in [-0.3, -0.25) is 0 Å². The van der Waals surface area contributed by atoms with E-state index in [1.54, 1.807) is 31.4 Å². The van der Waals surface area contributed by atoms with Crippen LogP contribution < -0.4 is 15.0 Å². The molecule has 0 atom stereocenters. The molecule has 146 valence electrons. The smallest absolute Gasteiger partial charge is 0.243 e. The van der Waals surface area contributed by atoms with E-state index in [2.05, 4.69) is 15.3 Å². The lowest BCUT2D eigenvalue weighted by atomic mass is 10.3. The quantitative estimate of drug-likeness (QED) is 0.802. The number of benzene rings is 1. The predicted molar refractivity (Wildman–Crippen MR) is 105 cm³/mol. The van der Waals surface area contributed by atoms with Crippen LogP contribution >= 0.6 is 0 Å². The van der Waals surface area contributed by atoms with Gasteiger partial charge in [0.1, 0.15) is 11.6 Å². The van der Waals surface area contributed by atoms with Crippen LogP contribution in [0.25, 0.3) is 0 Å². The van der Waals surface area contributed by atoms with Gasteiger partial charge in [-0.25, -0.2) is 13.4 Å². The molecule has 0 amide bonds. The minimum atomic E-state index is -3.52. The molecule has 1 aromatic carbocycles. The van der Waals surface area contributed by atoms with Gasteiger partial charge in [0.15, 0.2) is 0 Å². The summed E-state index contributed by atoms with van der Waals surface area (Å²) in [5.74, 6) is 2.05. The van der Waals surface area contributed by atoms with Crippen LogP contribution in [-0.4, -0.2) is 62.5 Å². The predicted octanol–water partition coefficient (Wildman–Crippen LogP) is 1.74. The molecule has 0 radical (unpaired) electrons. The number of ether oxygens (including phenoxy) is 1. The van der Waals surface area contributed by atoms with Gasteiger partial charge in [0.2, 0.25) is 16.0 Å². The van der Waals surface area contributed by atoms with Crippen molar-refractivity contribution < 1.29 is 13.2 Å². The molecule has 1 aliphatic rings. The van der Waals surface area contributed by atoms with Crippen LogP contribution in [0.5, 0.6) is 5.75 Å². The molecule has 8 nitrogen and oxygen atoms in total. The maximum absolute atomic E-state index is 12.8. The lowest BCUT2D eigenvalue weighted by Gasteiger charge is -2.34. The molecule has 0 saturated carbocycles. The SMILES string of the molecule is CCNc1cc(C)nc(N2CCN(S(=O)(=O)c3ccc(OC)cc3)CC2)n1. The van der Waals surface area contributed by atoms with Crippen molar-refractivity contribution >= 4 is 21.8 Å². The third-order valence-electron chi connectivity index (χ3n) is 4.42. The van der Waals surface area contributed by atoms with E-state index in [1.165, 1.54) is 4.31 Å². The zero-order valence-corrected chi connectivity index (χ0v) is 16.7. The first-order valence-corrected chi connectivity index (χ1v) is 10.4. The molecule has 0 spiro atoms.